The highest BCUT2D eigenvalue weighted by Crippen LogP contribution is 2.33. The van der Waals surface area contributed by atoms with Crippen LogP contribution in [0.25, 0.3) is 6.08 Å². The van der Waals surface area contributed by atoms with Gasteiger partial charge >= 0.3 is 6.18 Å². The zero-order valence-electron chi connectivity index (χ0n) is 18.3. The number of unbranched alkanes of at least 4 members (excludes halogenated alkanes) is 1. The summed E-state index contributed by atoms with van der Waals surface area (Å²) in [5.74, 6) is -3.04. The van der Waals surface area contributed by atoms with Crippen LogP contribution >= 0.6 is 0 Å². The minimum atomic E-state index is -4.56. The van der Waals surface area contributed by atoms with Crippen LogP contribution in [0.2, 0.25) is 0 Å². The minimum Gasteiger partial charge on any atom is -0.493 e. The number of carbonyl (C=O) groups is 1. The number of nitrogens with one attached hydrogen (secondary N) is 2. The number of ether oxygens (including phenoxy) is 1. The van der Waals surface area contributed by atoms with Crippen molar-refractivity contribution in [1.82, 2.24) is 5.32 Å². The first-order valence-electron chi connectivity index (χ1n) is 10.1. The molecule has 0 saturated carbocycles. The molecule has 0 spiro atoms. The van der Waals surface area contributed by atoms with Gasteiger partial charge in [0.25, 0.3) is 0 Å². The summed E-state index contributed by atoms with van der Waals surface area (Å²) < 4.78 is 96.6. The highest BCUT2D eigenvalue weighted by Gasteiger charge is 2.31. The fourth-order valence-electron chi connectivity index (χ4n) is 2.72. The van der Waals surface area contributed by atoms with Crippen LogP contribution in [0.1, 0.15) is 36.5 Å². The van der Waals surface area contributed by atoms with E-state index in [4.69, 9.17) is 4.74 Å². The van der Waals surface area contributed by atoms with E-state index in [1.807, 2.05) is 6.92 Å². The molecule has 186 valence electrons. The van der Waals surface area contributed by atoms with Gasteiger partial charge in [0.05, 0.1) is 18.4 Å². The molecule has 1 amide bonds. The molecule has 0 atom stereocenters. The Balaban J connectivity index is 2.11. The lowest BCUT2D eigenvalue weighted by Crippen LogP contribution is -2.21. The van der Waals surface area contributed by atoms with Crippen molar-refractivity contribution in [3.63, 3.8) is 0 Å². The van der Waals surface area contributed by atoms with E-state index in [-0.39, 0.29) is 30.0 Å². The molecule has 2 rings (SSSR count). The maximum Gasteiger partial charge on any atom is 0.416 e. The summed E-state index contributed by atoms with van der Waals surface area (Å²) in [6.45, 7) is 1.81. The molecule has 0 radical (unpaired) electrons. The van der Waals surface area contributed by atoms with Gasteiger partial charge in [-0.05, 0) is 42.3 Å². The highest BCUT2D eigenvalue weighted by molar-refractivity contribution is 7.92. The standard InChI is InChI=1S/C22H23F5N2O4S/c1-3-4-9-33-19-12-16(22(25,26)27)7-5-15(19)6-8-20(30)28-13-14-10-17(23)21(18(24)11-14)29-34(2,31)32/h5-8,10-12,29H,3-4,9,13H2,1-2H3,(H,28,30). The molecule has 34 heavy (non-hydrogen) atoms. The van der Waals surface area contributed by atoms with Crippen LogP contribution in [0.15, 0.2) is 36.4 Å². The molecule has 0 aliphatic carbocycles. The third-order valence-electron chi connectivity index (χ3n) is 4.37. The Morgan fingerprint density at radius 2 is 1.76 bits per heavy atom. The third kappa shape index (κ3) is 8.32. The smallest absolute Gasteiger partial charge is 0.416 e. The van der Waals surface area contributed by atoms with Crippen LogP contribution in [-0.4, -0.2) is 27.2 Å². The summed E-state index contributed by atoms with van der Waals surface area (Å²) in [6.07, 6.45) is -0.105. The molecule has 2 aromatic rings. The molecule has 0 aliphatic heterocycles. The number of halogens is 5. The monoisotopic (exact) mass is 506 g/mol. The van der Waals surface area contributed by atoms with Crippen LogP contribution in [0.3, 0.4) is 0 Å². The van der Waals surface area contributed by atoms with Gasteiger partial charge in [-0.2, -0.15) is 13.2 Å². The van der Waals surface area contributed by atoms with E-state index in [0.29, 0.717) is 6.42 Å². The molecular weight excluding hydrogens is 483 g/mol. The molecule has 0 aromatic heterocycles. The van der Waals surface area contributed by atoms with Gasteiger partial charge in [-0.15, -0.1) is 0 Å². The molecular formula is C22H23F5N2O4S. The van der Waals surface area contributed by atoms with Crippen molar-refractivity contribution in [1.29, 1.82) is 0 Å². The Morgan fingerprint density at radius 3 is 2.32 bits per heavy atom. The predicted molar refractivity (Wildman–Crippen MR) is 118 cm³/mol. The van der Waals surface area contributed by atoms with Crippen molar-refractivity contribution in [3.05, 3.63) is 64.7 Å². The summed E-state index contributed by atoms with van der Waals surface area (Å²) in [5, 5.41) is 2.38. The second-order valence-corrected chi connectivity index (χ2v) is 9.06. The van der Waals surface area contributed by atoms with Crippen LogP contribution in [0.4, 0.5) is 27.6 Å². The zero-order chi connectivity index (χ0) is 25.5. The van der Waals surface area contributed by atoms with E-state index in [1.54, 1.807) is 4.72 Å². The molecule has 0 heterocycles. The molecule has 6 nitrogen and oxygen atoms in total. The number of sulfonamides is 1. The Hall–Kier alpha value is -3.15. The van der Waals surface area contributed by atoms with E-state index in [0.717, 1.165) is 43.0 Å². The zero-order valence-corrected chi connectivity index (χ0v) is 19.1. The lowest BCUT2D eigenvalue weighted by Gasteiger charge is -2.13. The average Bonchev–Trinajstić information content (AvgIpc) is 2.72. The molecule has 2 N–H and O–H groups in total. The molecule has 0 unspecified atom stereocenters. The van der Waals surface area contributed by atoms with E-state index in [2.05, 4.69) is 5.32 Å². The Kier molecular flexibility index (Phi) is 9.02. The van der Waals surface area contributed by atoms with E-state index in [9.17, 15) is 35.2 Å². The van der Waals surface area contributed by atoms with Crippen molar-refractivity contribution in [2.24, 2.45) is 0 Å². The van der Waals surface area contributed by atoms with Crippen molar-refractivity contribution in [3.8, 4) is 5.75 Å². The Morgan fingerprint density at radius 1 is 1.12 bits per heavy atom. The van der Waals surface area contributed by atoms with Crippen molar-refractivity contribution in [2.45, 2.75) is 32.5 Å². The van der Waals surface area contributed by atoms with E-state index >= 15 is 0 Å². The average molecular weight is 506 g/mol. The Labute approximate surface area is 193 Å². The topological polar surface area (TPSA) is 84.5 Å². The number of alkyl halides is 3. The highest BCUT2D eigenvalue weighted by atomic mass is 32.2. The SMILES string of the molecule is CCCCOc1cc(C(F)(F)F)ccc1C=CC(=O)NCc1cc(F)c(NS(C)(=O)=O)c(F)c1. The fraction of sp³-hybridized carbons (Fsp3) is 0.318. The number of hydrogen-bond donors (Lipinski definition) is 2. The largest absolute Gasteiger partial charge is 0.493 e. The molecule has 0 bridgehead atoms. The summed E-state index contributed by atoms with van der Waals surface area (Å²) in [6, 6.07) is 4.60. The number of anilines is 1. The van der Waals surface area contributed by atoms with Gasteiger partial charge in [0.1, 0.15) is 11.4 Å². The number of benzene rings is 2. The number of carbonyl (C=O) groups excluding carboxylic acids is 1. The summed E-state index contributed by atoms with van der Waals surface area (Å²) in [4.78, 5) is 12.1. The number of rotatable bonds is 10. The summed E-state index contributed by atoms with van der Waals surface area (Å²) >= 11 is 0. The third-order valence-corrected chi connectivity index (χ3v) is 4.94. The van der Waals surface area contributed by atoms with Crippen molar-refractivity contribution < 1.29 is 39.9 Å². The predicted octanol–water partition coefficient (Wildman–Crippen LogP) is 4.86. The lowest BCUT2D eigenvalue weighted by molar-refractivity contribution is -0.137. The van der Waals surface area contributed by atoms with Gasteiger partial charge in [0.15, 0.2) is 11.6 Å². The minimum absolute atomic E-state index is 0.0221. The quantitative estimate of drug-likeness (QED) is 0.274. The maximum absolute atomic E-state index is 14.0. The normalized spacial score (nSPS) is 12.1. The summed E-state index contributed by atoms with van der Waals surface area (Å²) in [7, 11) is -3.90. The van der Waals surface area contributed by atoms with E-state index < -0.39 is 45.0 Å². The molecule has 2 aromatic carbocycles. The summed E-state index contributed by atoms with van der Waals surface area (Å²) in [5.41, 5.74) is -1.46. The number of hydrogen-bond acceptors (Lipinski definition) is 4. The van der Waals surface area contributed by atoms with Gasteiger partial charge in [-0.25, -0.2) is 17.2 Å². The first-order valence-corrected chi connectivity index (χ1v) is 11.9. The maximum atomic E-state index is 14.0. The number of amides is 1. The van der Waals surface area contributed by atoms with Gasteiger partial charge in [-0.1, -0.05) is 19.4 Å². The van der Waals surface area contributed by atoms with Gasteiger partial charge in [0.2, 0.25) is 15.9 Å². The molecule has 0 aliphatic rings. The molecule has 0 saturated heterocycles. The van der Waals surface area contributed by atoms with Gasteiger partial charge in [-0.3, -0.25) is 9.52 Å². The van der Waals surface area contributed by atoms with Gasteiger partial charge < -0.3 is 10.1 Å². The molecule has 12 heteroatoms. The first kappa shape index (κ1) is 27.1. The van der Waals surface area contributed by atoms with E-state index in [1.165, 1.54) is 12.1 Å². The lowest BCUT2D eigenvalue weighted by atomic mass is 10.1. The van der Waals surface area contributed by atoms with Crippen LogP contribution < -0.4 is 14.8 Å². The second kappa shape index (κ2) is 11.3. The van der Waals surface area contributed by atoms with Crippen LogP contribution in [0.5, 0.6) is 5.75 Å². The Bertz CT molecular complexity index is 1140. The van der Waals surface area contributed by atoms with Crippen LogP contribution in [-0.2, 0) is 27.5 Å². The second-order valence-electron chi connectivity index (χ2n) is 7.31. The fourth-order valence-corrected chi connectivity index (χ4v) is 3.29. The van der Waals surface area contributed by atoms with Crippen molar-refractivity contribution in [2.75, 3.05) is 17.6 Å². The van der Waals surface area contributed by atoms with Crippen molar-refractivity contribution >= 4 is 27.7 Å². The first-order chi connectivity index (χ1) is 15.8. The van der Waals surface area contributed by atoms with Crippen LogP contribution in [0, 0.1) is 11.6 Å². The van der Waals surface area contributed by atoms with Gasteiger partial charge in [0, 0.05) is 18.2 Å². The molecule has 0 fully saturated rings.